The molecule has 0 aliphatic carbocycles. The number of aryl methyl sites for hydroxylation is 1. The van der Waals surface area contributed by atoms with E-state index in [-0.39, 0.29) is 11.7 Å². The van der Waals surface area contributed by atoms with Crippen LogP contribution in [0.1, 0.15) is 25.0 Å². The summed E-state index contributed by atoms with van der Waals surface area (Å²) < 4.78 is 9.56. The van der Waals surface area contributed by atoms with Crippen LogP contribution in [0.4, 0.5) is 0 Å². The molecule has 0 fully saturated rings. The van der Waals surface area contributed by atoms with Crippen LogP contribution in [-0.4, -0.2) is 30.5 Å². The van der Waals surface area contributed by atoms with Crippen molar-refractivity contribution in [2.75, 3.05) is 0 Å². The molecule has 0 aliphatic rings. The topological polar surface area (TPSA) is 74.3 Å². The van der Waals surface area contributed by atoms with Gasteiger partial charge in [0.2, 0.25) is 4.96 Å². The number of nitrogens with zero attached hydrogens (tertiary/aromatic N) is 5. The van der Waals surface area contributed by atoms with Gasteiger partial charge in [-0.1, -0.05) is 53.3 Å². The Morgan fingerprint density at radius 1 is 0.921 bits per heavy atom. The molecule has 0 N–H and O–H groups in total. The molecule has 0 aliphatic heterocycles. The van der Waals surface area contributed by atoms with Crippen LogP contribution in [0.15, 0.2) is 89.9 Å². The van der Waals surface area contributed by atoms with E-state index in [4.69, 9.17) is 9.84 Å². The summed E-state index contributed by atoms with van der Waals surface area (Å²) >= 11 is 1.32. The molecule has 6 rings (SSSR count). The first kappa shape index (κ1) is 23.8. The number of aromatic nitrogens is 5. The van der Waals surface area contributed by atoms with Gasteiger partial charge in [0.15, 0.2) is 5.82 Å². The highest BCUT2D eigenvalue weighted by atomic mass is 32.1. The Balaban J connectivity index is 1.45. The van der Waals surface area contributed by atoms with Crippen molar-refractivity contribution in [2.45, 2.75) is 26.9 Å². The molecule has 6 aromatic rings. The van der Waals surface area contributed by atoms with Crippen molar-refractivity contribution in [3.05, 3.63) is 111 Å². The molecule has 0 unspecified atom stereocenters. The van der Waals surface area contributed by atoms with E-state index in [1.807, 2.05) is 117 Å². The van der Waals surface area contributed by atoms with Gasteiger partial charge in [-0.3, -0.25) is 4.79 Å². The van der Waals surface area contributed by atoms with Crippen molar-refractivity contribution in [1.82, 2.24) is 24.4 Å². The molecular formula is C30H25N5O2S. The van der Waals surface area contributed by atoms with Crippen molar-refractivity contribution in [3.8, 4) is 34.1 Å². The van der Waals surface area contributed by atoms with Crippen molar-refractivity contribution >= 4 is 22.4 Å². The fourth-order valence-corrected chi connectivity index (χ4v) is 5.17. The maximum atomic E-state index is 13.3. The quantitative estimate of drug-likeness (QED) is 0.298. The van der Waals surface area contributed by atoms with E-state index < -0.39 is 0 Å². The third-order valence-electron chi connectivity index (χ3n) is 6.01. The van der Waals surface area contributed by atoms with Crippen molar-refractivity contribution in [1.29, 1.82) is 0 Å². The largest absolute Gasteiger partial charge is 0.491 e. The molecule has 0 bridgehead atoms. The molecule has 3 aromatic heterocycles. The van der Waals surface area contributed by atoms with Gasteiger partial charge in [-0.2, -0.15) is 14.6 Å². The van der Waals surface area contributed by atoms with Crippen LogP contribution >= 0.6 is 11.3 Å². The SMILES string of the molecule is Cc1cccc(-c2nc3sc(=Cc4cn(-c5ccccc5)nc4-c4ccc(OC(C)C)cc4)c(=O)n3n2)c1. The highest BCUT2D eigenvalue weighted by molar-refractivity contribution is 7.15. The second-order valence-corrected chi connectivity index (χ2v) is 10.3. The van der Waals surface area contributed by atoms with Gasteiger partial charge in [0.1, 0.15) is 11.4 Å². The number of para-hydroxylation sites is 1. The Labute approximate surface area is 223 Å². The van der Waals surface area contributed by atoms with Crippen molar-refractivity contribution < 1.29 is 4.74 Å². The first-order chi connectivity index (χ1) is 18.4. The standard InChI is InChI=1S/C30H25N5O2S/c1-19(2)37-25-14-12-21(13-15-25)27-23(18-34(32-27)24-10-5-4-6-11-24)17-26-29(36)35-30(38-26)31-28(33-35)22-9-7-8-20(3)16-22/h4-19H,1-3H3. The number of hydrogen-bond donors (Lipinski definition) is 0. The minimum Gasteiger partial charge on any atom is -0.491 e. The summed E-state index contributed by atoms with van der Waals surface area (Å²) in [6.07, 6.45) is 3.91. The van der Waals surface area contributed by atoms with Gasteiger partial charge in [0, 0.05) is 22.9 Å². The average Bonchev–Trinajstić information content (AvgIpc) is 3.60. The summed E-state index contributed by atoms with van der Waals surface area (Å²) in [4.78, 5) is 18.5. The van der Waals surface area contributed by atoms with Crippen LogP contribution < -0.4 is 14.8 Å². The number of thiazole rings is 1. The molecule has 0 radical (unpaired) electrons. The maximum absolute atomic E-state index is 13.3. The molecule has 38 heavy (non-hydrogen) atoms. The van der Waals surface area contributed by atoms with Gasteiger partial charge in [0.05, 0.1) is 16.3 Å². The summed E-state index contributed by atoms with van der Waals surface area (Å²) in [6.45, 7) is 6.02. The fraction of sp³-hybridized carbons (Fsp3) is 0.133. The van der Waals surface area contributed by atoms with Gasteiger partial charge in [-0.15, -0.1) is 5.10 Å². The highest BCUT2D eigenvalue weighted by Gasteiger charge is 2.15. The zero-order valence-electron chi connectivity index (χ0n) is 21.2. The summed E-state index contributed by atoms with van der Waals surface area (Å²) in [6, 6.07) is 25.7. The molecule has 3 heterocycles. The lowest BCUT2D eigenvalue weighted by Gasteiger charge is -2.09. The molecule has 0 spiro atoms. The molecule has 0 saturated heterocycles. The number of hydrogen-bond acceptors (Lipinski definition) is 6. The third kappa shape index (κ3) is 4.62. The fourth-order valence-electron chi connectivity index (χ4n) is 4.28. The molecule has 0 saturated carbocycles. The van der Waals surface area contributed by atoms with Gasteiger partial charge < -0.3 is 4.74 Å². The van der Waals surface area contributed by atoms with E-state index in [1.54, 1.807) is 0 Å². The molecule has 0 atom stereocenters. The third-order valence-corrected chi connectivity index (χ3v) is 6.97. The van der Waals surface area contributed by atoms with E-state index in [0.29, 0.717) is 15.3 Å². The lowest BCUT2D eigenvalue weighted by Crippen LogP contribution is -2.23. The van der Waals surface area contributed by atoms with Gasteiger partial charge in [-0.05, 0) is 69.3 Å². The number of ether oxygens (including phenoxy) is 1. The number of benzene rings is 3. The monoisotopic (exact) mass is 519 g/mol. The predicted octanol–water partition coefficient (Wildman–Crippen LogP) is 5.31. The van der Waals surface area contributed by atoms with Crippen LogP contribution in [0.5, 0.6) is 5.75 Å². The maximum Gasteiger partial charge on any atom is 0.291 e. The predicted molar refractivity (Wildman–Crippen MR) is 151 cm³/mol. The molecule has 3 aromatic carbocycles. The van der Waals surface area contributed by atoms with Gasteiger partial charge >= 0.3 is 0 Å². The molecular weight excluding hydrogens is 494 g/mol. The van der Waals surface area contributed by atoms with E-state index in [0.717, 1.165) is 39.4 Å². The Morgan fingerprint density at radius 3 is 2.42 bits per heavy atom. The first-order valence-electron chi connectivity index (χ1n) is 12.3. The molecule has 7 nitrogen and oxygen atoms in total. The van der Waals surface area contributed by atoms with Crippen LogP contribution in [0, 0.1) is 6.92 Å². The van der Waals surface area contributed by atoms with Gasteiger partial charge in [-0.25, -0.2) is 4.68 Å². The summed E-state index contributed by atoms with van der Waals surface area (Å²) in [5, 5.41) is 9.38. The Bertz CT molecular complexity index is 1850. The van der Waals surface area contributed by atoms with Crippen molar-refractivity contribution in [2.24, 2.45) is 0 Å². The number of fused-ring (bicyclic) bond motifs is 1. The summed E-state index contributed by atoms with van der Waals surface area (Å²) in [7, 11) is 0. The second kappa shape index (κ2) is 9.72. The minimum absolute atomic E-state index is 0.0929. The first-order valence-corrected chi connectivity index (χ1v) is 13.2. The second-order valence-electron chi connectivity index (χ2n) is 9.32. The Kier molecular flexibility index (Phi) is 6.09. The van der Waals surface area contributed by atoms with Crippen LogP contribution in [0.2, 0.25) is 0 Å². The van der Waals surface area contributed by atoms with Gasteiger partial charge in [0.25, 0.3) is 5.56 Å². The molecule has 188 valence electrons. The average molecular weight is 520 g/mol. The van der Waals surface area contributed by atoms with Crippen molar-refractivity contribution in [3.63, 3.8) is 0 Å². The van der Waals surface area contributed by atoms with Crippen LogP contribution in [0.25, 0.3) is 39.4 Å². The molecule has 0 amide bonds. The highest BCUT2D eigenvalue weighted by Crippen LogP contribution is 2.27. The van der Waals surface area contributed by atoms with Crippen LogP contribution in [-0.2, 0) is 0 Å². The lowest BCUT2D eigenvalue weighted by molar-refractivity contribution is 0.242. The number of rotatable bonds is 6. The lowest BCUT2D eigenvalue weighted by atomic mass is 10.1. The van der Waals surface area contributed by atoms with E-state index in [1.165, 1.54) is 15.9 Å². The minimum atomic E-state index is -0.199. The normalized spacial score (nSPS) is 12.1. The summed E-state index contributed by atoms with van der Waals surface area (Å²) in [5.74, 6) is 1.35. The zero-order chi connectivity index (χ0) is 26.2. The Hall–Kier alpha value is -4.56. The smallest absolute Gasteiger partial charge is 0.291 e. The van der Waals surface area contributed by atoms with E-state index >= 15 is 0 Å². The van der Waals surface area contributed by atoms with E-state index in [2.05, 4.69) is 10.1 Å². The van der Waals surface area contributed by atoms with Crippen LogP contribution in [0.3, 0.4) is 0 Å². The molecule has 8 heteroatoms. The summed E-state index contributed by atoms with van der Waals surface area (Å²) in [5.41, 5.74) is 5.26. The Morgan fingerprint density at radius 2 is 1.71 bits per heavy atom. The van der Waals surface area contributed by atoms with E-state index in [9.17, 15) is 4.79 Å². The zero-order valence-corrected chi connectivity index (χ0v) is 22.0.